The van der Waals surface area contributed by atoms with Crippen LogP contribution in [-0.4, -0.2) is 52.2 Å². The van der Waals surface area contributed by atoms with Gasteiger partial charge in [0.1, 0.15) is 11.0 Å². The SMILES string of the molecule is Cc1nn(-c2ccc(F)cc2)c(Cl)c1/C=C/C(=O)OCC(=O)N1CCC(C(N)=O)CC1. The Morgan fingerprint density at radius 1 is 1.26 bits per heavy atom. The van der Waals surface area contributed by atoms with E-state index in [0.29, 0.717) is 42.9 Å². The lowest BCUT2D eigenvalue weighted by Gasteiger charge is -2.30. The van der Waals surface area contributed by atoms with Crippen LogP contribution < -0.4 is 5.73 Å². The number of likely N-dealkylation sites (tertiary alicyclic amines) is 1. The third-order valence-corrected chi connectivity index (χ3v) is 5.46. The summed E-state index contributed by atoms with van der Waals surface area (Å²) >= 11 is 6.36. The van der Waals surface area contributed by atoms with Gasteiger partial charge in [0.2, 0.25) is 5.91 Å². The zero-order chi connectivity index (χ0) is 22.5. The van der Waals surface area contributed by atoms with Crippen molar-refractivity contribution in [3.8, 4) is 5.69 Å². The lowest BCUT2D eigenvalue weighted by molar-refractivity contribution is -0.149. The molecular weight excluding hydrogens is 427 g/mol. The molecule has 1 saturated heterocycles. The first kappa shape index (κ1) is 22.5. The van der Waals surface area contributed by atoms with Gasteiger partial charge in [-0.15, -0.1) is 0 Å². The molecule has 10 heteroatoms. The fourth-order valence-electron chi connectivity index (χ4n) is 3.29. The Labute approximate surface area is 183 Å². The van der Waals surface area contributed by atoms with Crippen molar-refractivity contribution >= 4 is 35.5 Å². The van der Waals surface area contributed by atoms with E-state index in [1.54, 1.807) is 11.8 Å². The standard InChI is InChI=1S/C21H22ClFN4O4/c1-13-17(20(22)27(25-13)16-4-2-15(23)3-5-16)6-7-19(29)31-12-18(28)26-10-8-14(9-11-26)21(24)30/h2-7,14H,8-12H2,1H3,(H2,24,30)/b7-6+. The van der Waals surface area contributed by atoms with E-state index < -0.39 is 12.6 Å². The molecule has 0 aliphatic carbocycles. The molecule has 2 amide bonds. The first-order valence-corrected chi connectivity index (χ1v) is 10.1. The van der Waals surface area contributed by atoms with Gasteiger partial charge in [0.05, 0.1) is 11.4 Å². The summed E-state index contributed by atoms with van der Waals surface area (Å²) in [6.45, 7) is 2.12. The molecule has 0 spiro atoms. The minimum atomic E-state index is -0.703. The summed E-state index contributed by atoms with van der Waals surface area (Å²) < 4.78 is 19.6. The van der Waals surface area contributed by atoms with Gasteiger partial charge < -0.3 is 15.4 Å². The number of carbonyl (C=O) groups excluding carboxylic acids is 3. The average molecular weight is 449 g/mol. The van der Waals surface area contributed by atoms with Gasteiger partial charge in [-0.1, -0.05) is 11.6 Å². The Bertz CT molecular complexity index is 1010. The first-order valence-electron chi connectivity index (χ1n) is 9.69. The Hall–Kier alpha value is -3.20. The molecular formula is C21H22ClFN4O4. The number of primary amides is 1. The molecule has 0 radical (unpaired) electrons. The molecule has 3 rings (SSSR count). The highest BCUT2D eigenvalue weighted by Gasteiger charge is 2.26. The van der Waals surface area contributed by atoms with Gasteiger partial charge >= 0.3 is 5.97 Å². The van der Waals surface area contributed by atoms with Crippen molar-refractivity contribution in [1.82, 2.24) is 14.7 Å². The number of nitrogens with two attached hydrogens (primary N) is 1. The number of amides is 2. The van der Waals surface area contributed by atoms with E-state index in [4.69, 9.17) is 22.1 Å². The second kappa shape index (κ2) is 9.74. The van der Waals surface area contributed by atoms with Gasteiger partial charge in [-0.25, -0.2) is 13.9 Å². The number of carbonyl (C=O) groups is 3. The highest BCUT2D eigenvalue weighted by Crippen LogP contribution is 2.25. The van der Waals surface area contributed by atoms with Crippen LogP contribution in [0.5, 0.6) is 0 Å². The maximum absolute atomic E-state index is 13.1. The summed E-state index contributed by atoms with van der Waals surface area (Å²) in [6.07, 6.45) is 3.63. The molecule has 1 fully saturated rings. The molecule has 164 valence electrons. The Morgan fingerprint density at radius 2 is 1.90 bits per heavy atom. The summed E-state index contributed by atoms with van der Waals surface area (Å²) in [7, 11) is 0. The number of hydrogen-bond acceptors (Lipinski definition) is 5. The van der Waals surface area contributed by atoms with E-state index >= 15 is 0 Å². The normalized spacial score (nSPS) is 14.7. The summed E-state index contributed by atoms with van der Waals surface area (Å²) in [5, 5.41) is 4.56. The van der Waals surface area contributed by atoms with E-state index in [-0.39, 0.29) is 28.7 Å². The third kappa shape index (κ3) is 5.49. The van der Waals surface area contributed by atoms with Crippen molar-refractivity contribution in [3.05, 3.63) is 52.6 Å². The van der Waals surface area contributed by atoms with Crippen LogP contribution in [0.1, 0.15) is 24.1 Å². The van der Waals surface area contributed by atoms with E-state index in [9.17, 15) is 18.8 Å². The van der Waals surface area contributed by atoms with E-state index in [1.165, 1.54) is 35.0 Å². The van der Waals surface area contributed by atoms with E-state index in [2.05, 4.69) is 5.10 Å². The highest BCUT2D eigenvalue weighted by molar-refractivity contribution is 6.31. The summed E-state index contributed by atoms with van der Waals surface area (Å²) in [5.74, 6) is -1.99. The number of rotatable bonds is 6. The predicted octanol–water partition coefficient (Wildman–Crippen LogP) is 2.25. The van der Waals surface area contributed by atoms with Crippen LogP contribution in [0.25, 0.3) is 11.8 Å². The molecule has 2 heterocycles. The molecule has 1 aliphatic heterocycles. The first-order chi connectivity index (χ1) is 14.8. The molecule has 0 unspecified atom stereocenters. The Morgan fingerprint density at radius 3 is 2.52 bits per heavy atom. The fourth-order valence-corrected chi connectivity index (χ4v) is 3.63. The zero-order valence-electron chi connectivity index (χ0n) is 16.9. The number of aromatic nitrogens is 2. The Balaban J connectivity index is 1.56. The number of ether oxygens (including phenoxy) is 1. The maximum atomic E-state index is 13.1. The maximum Gasteiger partial charge on any atom is 0.331 e. The molecule has 1 aromatic carbocycles. The van der Waals surface area contributed by atoms with Crippen LogP contribution in [0.2, 0.25) is 5.15 Å². The number of benzene rings is 1. The van der Waals surface area contributed by atoms with Gasteiger partial charge in [0, 0.05) is 30.6 Å². The van der Waals surface area contributed by atoms with Gasteiger partial charge in [0.15, 0.2) is 6.61 Å². The molecule has 2 aromatic rings. The van der Waals surface area contributed by atoms with Crippen LogP contribution in [0, 0.1) is 18.7 Å². The quantitative estimate of drug-likeness (QED) is 0.538. The second-order valence-corrected chi connectivity index (χ2v) is 7.53. The van der Waals surface area contributed by atoms with Crippen LogP contribution in [0.15, 0.2) is 30.3 Å². The van der Waals surface area contributed by atoms with Crippen LogP contribution in [-0.2, 0) is 19.1 Å². The number of esters is 1. The minimum absolute atomic E-state index is 0.224. The number of halogens is 2. The summed E-state index contributed by atoms with van der Waals surface area (Å²) in [4.78, 5) is 37.0. The number of nitrogens with zero attached hydrogens (tertiary/aromatic N) is 3. The molecule has 8 nitrogen and oxygen atoms in total. The topological polar surface area (TPSA) is 108 Å². The lowest BCUT2D eigenvalue weighted by Crippen LogP contribution is -2.43. The summed E-state index contributed by atoms with van der Waals surface area (Å²) in [5.41, 5.74) is 6.92. The fraction of sp³-hybridized carbons (Fsp3) is 0.333. The van der Waals surface area contributed by atoms with Gasteiger partial charge in [-0.05, 0) is 50.1 Å². The highest BCUT2D eigenvalue weighted by atomic mass is 35.5. The average Bonchev–Trinajstić information content (AvgIpc) is 3.04. The number of hydrogen-bond donors (Lipinski definition) is 1. The molecule has 31 heavy (non-hydrogen) atoms. The van der Waals surface area contributed by atoms with E-state index in [0.717, 1.165) is 6.08 Å². The Kier molecular flexibility index (Phi) is 7.06. The molecule has 2 N–H and O–H groups in total. The van der Waals surface area contributed by atoms with Gasteiger partial charge in [0.25, 0.3) is 5.91 Å². The van der Waals surface area contributed by atoms with Crippen molar-refractivity contribution in [3.63, 3.8) is 0 Å². The van der Waals surface area contributed by atoms with Crippen molar-refractivity contribution in [1.29, 1.82) is 0 Å². The zero-order valence-corrected chi connectivity index (χ0v) is 17.6. The predicted molar refractivity (Wildman–Crippen MR) is 112 cm³/mol. The van der Waals surface area contributed by atoms with Crippen molar-refractivity contribution in [2.45, 2.75) is 19.8 Å². The smallest absolute Gasteiger partial charge is 0.331 e. The molecule has 0 atom stereocenters. The van der Waals surface area contributed by atoms with Crippen LogP contribution in [0.3, 0.4) is 0 Å². The summed E-state index contributed by atoms with van der Waals surface area (Å²) in [6, 6.07) is 5.66. The van der Waals surface area contributed by atoms with Crippen LogP contribution >= 0.6 is 11.6 Å². The van der Waals surface area contributed by atoms with Gasteiger partial charge in [-0.3, -0.25) is 9.59 Å². The van der Waals surface area contributed by atoms with Gasteiger partial charge in [-0.2, -0.15) is 5.10 Å². The second-order valence-electron chi connectivity index (χ2n) is 7.18. The number of aryl methyl sites for hydroxylation is 1. The number of piperidine rings is 1. The molecule has 0 saturated carbocycles. The molecule has 0 bridgehead atoms. The minimum Gasteiger partial charge on any atom is -0.452 e. The lowest BCUT2D eigenvalue weighted by atomic mass is 9.96. The van der Waals surface area contributed by atoms with Crippen molar-refractivity contribution in [2.75, 3.05) is 19.7 Å². The molecule has 1 aromatic heterocycles. The third-order valence-electron chi connectivity index (χ3n) is 5.09. The van der Waals surface area contributed by atoms with Crippen molar-refractivity contribution in [2.24, 2.45) is 11.7 Å². The molecule has 1 aliphatic rings. The monoisotopic (exact) mass is 448 g/mol. The van der Waals surface area contributed by atoms with Crippen LogP contribution in [0.4, 0.5) is 4.39 Å². The van der Waals surface area contributed by atoms with E-state index in [1.807, 2.05) is 0 Å². The van der Waals surface area contributed by atoms with Crippen molar-refractivity contribution < 1.29 is 23.5 Å². The largest absolute Gasteiger partial charge is 0.452 e.